The van der Waals surface area contributed by atoms with E-state index in [0.717, 1.165) is 6.54 Å². The highest BCUT2D eigenvalue weighted by Gasteiger charge is 2.29. The lowest BCUT2D eigenvalue weighted by atomic mass is 9.89. The van der Waals surface area contributed by atoms with Gasteiger partial charge in [0.25, 0.3) is 0 Å². The zero-order valence-corrected chi connectivity index (χ0v) is 12.3. The van der Waals surface area contributed by atoms with Crippen molar-refractivity contribution in [1.82, 2.24) is 5.32 Å². The first kappa shape index (κ1) is 13.3. The van der Waals surface area contributed by atoms with E-state index in [2.05, 4.69) is 26.1 Å². The van der Waals surface area contributed by atoms with Crippen LogP contribution in [0, 0.1) is 11.3 Å². The Labute approximate surface area is 110 Å². The second-order valence-electron chi connectivity index (χ2n) is 6.27. The first-order chi connectivity index (χ1) is 8.09. The maximum absolute atomic E-state index is 4.84. The molecule has 2 fully saturated rings. The molecule has 0 bridgehead atoms. The molecular formula is C14H26N2S. The smallest absolute Gasteiger partial charge is 0.156 e. The predicted octanol–water partition coefficient (Wildman–Crippen LogP) is 3.67. The molecule has 1 aliphatic heterocycles. The minimum absolute atomic E-state index is 0.486. The molecular weight excluding hydrogens is 228 g/mol. The van der Waals surface area contributed by atoms with Gasteiger partial charge < -0.3 is 5.32 Å². The Balaban J connectivity index is 1.88. The molecule has 98 valence electrons. The molecule has 1 unspecified atom stereocenters. The van der Waals surface area contributed by atoms with Gasteiger partial charge in [-0.2, -0.15) is 0 Å². The molecule has 17 heavy (non-hydrogen) atoms. The molecule has 0 aromatic carbocycles. The van der Waals surface area contributed by atoms with Gasteiger partial charge in [-0.1, -0.05) is 45.4 Å². The van der Waals surface area contributed by atoms with E-state index in [1.165, 1.54) is 43.0 Å². The summed E-state index contributed by atoms with van der Waals surface area (Å²) in [6.07, 6.45) is 6.80. The van der Waals surface area contributed by atoms with Crippen LogP contribution in [0.5, 0.6) is 0 Å². The van der Waals surface area contributed by atoms with Crippen molar-refractivity contribution in [1.29, 1.82) is 0 Å². The van der Waals surface area contributed by atoms with Crippen LogP contribution in [0.25, 0.3) is 0 Å². The minimum Gasteiger partial charge on any atom is -0.362 e. The minimum atomic E-state index is 0.486. The number of rotatable bonds is 3. The van der Waals surface area contributed by atoms with E-state index in [0.29, 0.717) is 17.4 Å². The van der Waals surface area contributed by atoms with Crippen LogP contribution >= 0.6 is 11.8 Å². The number of hydrogen-bond acceptors (Lipinski definition) is 2. The van der Waals surface area contributed by atoms with Gasteiger partial charge in [0, 0.05) is 18.3 Å². The number of amidine groups is 1. The van der Waals surface area contributed by atoms with Crippen LogP contribution in [-0.4, -0.2) is 23.5 Å². The Bertz CT molecular complexity index is 280. The first-order valence-electron chi connectivity index (χ1n) is 7.03. The zero-order chi connectivity index (χ0) is 12.3. The van der Waals surface area contributed by atoms with Gasteiger partial charge in [-0.05, 0) is 30.6 Å². The van der Waals surface area contributed by atoms with Crippen molar-refractivity contribution in [2.75, 3.05) is 12.3 Å². The van der Waals surface area contributed by atoms with Crippen LogP contribution in [0.3, 0.4) is 0 Å². The molecule has 2 nitrogen and oxygen atoms in total. The van der Waals surface area contributed by atoms with Crippen LogP contribution in [0.2, 0.25) is 0 Å². The summed E-state index contributed by atoms with van der Waals surface area (Å²) in [5.74, 6) is 1.94. The molecule has 0 aromatic rings. The molecule has 1 N–H and O–H groups in total. The SMILES string of the molecule is CC(C)C1CCSC(=NCC2(C)CCCC2)N1. The average Bonchev–Trinajstić information content (AvgIpc) is 2.75. The fourth-order valence-electron chi connectivity index (χ4n) is 2.80. The Hall–Kier alpha value is -0.180. The number of thioether (sulfide) groups is 1. The Morgan fingerprint density at radius 3 is 2.76 bits per heavy atom. The third kappa shape index (κ3) is 3.64. The lowest BCUT2D eigenvalue weighted by Gasteiger charge is -2.29. The largest absolute Gasteiger partial charge is 0.362 e. The lowest BCUT2D eigenvalue weighted by Crippen LogP contribution is -2.41. The fraction of sp³-hybridized carbons (Fsp3) is 0.929. The predicted molar refractivity (Wildman–Crippen MR) is 77.7 cm³/mol. The molecule has 3 heteroatoms. The summed E-state index contributed by atoms with van der Waals surface area (Å²) in [7, 11) is 0. The second kappa shape index (κ2) is 5.64. The number of nitrogens with zero attached hydrogens (tertiary/aromatic N) is 1. The van der Waals surface area contributed by atoms with Crippen molar-refractivity contribution in [3.63, 3.8) is 0 Å². The summed E-state index contributed by atoms with van der Waals surface area (Å²) >= 11 is 1.91. The highest BCUT2D eigenvalue weighted by Crippen LogP contribution is 2.37. The molecule has 0 radical (unpaired) electrons. The van der Waals surface area contributed by atoms with Gasteiger partial charge in [0.1, 0.15) is 0 Å². The Morgan fingerprint density at radius 2 is 2.12 bits per heavy atom. The van der Waals surface area contributed by atoms with Gasteiger partial charge in [0.05, 0.1) is 0 Å². The van der Waals surface area contributed by atoms with E-state index < -0.39 is 0 Å². The third-order valence-corrected chi connectivity index (χ3v) is 5.16. The summed E-state index contributed by atoms with van der Waals surface area (Å²) in [6, 6.07) is 0.631. The van der Waals surface area contributed by atoms with Crippen LogP contribution in [0.15, 0.2) is 4.99 Å². The quantitative estimate of drug-likeness (QED) is 0.831. The number of aliphatic imine (C=N–C) groups is 1. The topological polar surface area (TPSA) is 24.4 Å². The third-order valence-electron chi connectivity index (χ3n) is 4.20. The van der Waals surface area contributed by atoms with Crippen molar-refractivity contribution >= 4 is 16.9 Å². The van der Waals surface area contributed by atoms with Crippen LogP contribution in [-0.2, 0) is 0 Å². The van der Waals surface area contributed by atoms with E-state index in [4.69, 9.17) is 4.99 Å². The van der Waals surface area contributed by atoms with E-state index >= 15 is 0 Å². The molecule has 0 amide bonds. The summed E-state index contributed by atoms with van der Waals surface area (Å²) in [5.41, 5.74) is 0.486. The summed E-state index contributed by atoms with van der Waals surface area (Å²) in [5, 5.41) is 4.80. The van der Waals surface area contributed by atoms with E-state index in [1.807, 2.05) is 11.8 Å². The van der Waals surface area contributed by atoms with Gasteiger partial charge in [0.15, 0.2) is 5.17 Å². The Morgan fingerprint density at radius 1 is 1.41 bits per heavy atom. The molecule has 0 spiro atoms. The average molecular weight is 254 g/mol. The van der Waals surface area contributed by atoms with Crippen LogP contribution < -0.4 is 5.32 Å². The highest BCUT2D eigenvalue weighted by molar-refractivity contribution is 8.13. The molecule has 1 saturated carbocycles. The second-order valence-corrected chi connectivity index (χ2v) is 7.35. The van der Waals surface area contributed by atoms with Gasteiger partial charge in [-0.15, -0.1) is 0 Å². The van der Waals surface area contributed by atoms with Gasteiger partial charge in [-0.25, -0.2) is 0 Å². The highest BCUT2D eigenvalue weighted by atomic mass is 32.2. The molecule has 1 aliphatic carbocycles. The maximum Gasteiger partial charge on any atom is 0.156 e. The standard InChI is InChI=1S/C14H26N2S/c1-11(2)12-6-9-17-13(16-12)15-10-14(3)7-4-5-8-14/h11-12H,4-10H2,1-3H3,(H,15,16). The normalized spacial score (nSPS) is 30.8. The Kier molecular flexibility index (Phi) is 4.40. The molecule has 0 aromatic heterocycles. The van der Waals surface area contributed by atoms with Gasteiger partial charge in [-0.3, -0.25) is 4.99 Å². The lowest BCUT2D eigenvalue weighted by molar-refractivity contribution is 0.350. The molecule has 1 atom stereocenters. The molecule has 2 aliphatic rings. The van der Waals surface area contributed by atoms with Crippen LogP contribution in [0.4, 0.5) is 0 Å². The monoisotopic (exact) mass is 254 g/mol. The molecule has 2 rings (SSSR count). The fourth-order valence-corrected chi connectivity index (χ4v) is 3.75. The van der Waals surface area contributed by atoms with Crippen molar-refractivity contribution in [2.24, 2.45) is 16.3 Å². The van der Waals surface area contributed by atoms with Gasteiger partial charge >= 0.3 is 0 Å². The van der Waals surface area contributed by atoms with Crippen molar-refractivity contribution in [3.05, 3.63) is 0 Å². The van der Waals surface area contributed by atoms with Crippen molar-refractivity contribution < 1.29 is 0 Å². The van der Waals surface area contributed by atoms with Crippen LogP contribution in [0.1, 0.15) is 52.9 Å². The first-order valence-corrected chi connectivity index (χ1v) is 8.01. The maximum atomic E-state index is 4.84. The van der Waals surface area contributed by atoms with E-state index in [-0.39, 0.29) is 0 Å². The van der Waals surface area contributed by atoms with Crippen molar-refractivity contribution in [2.45, 2.75) is 58.9 Å². The summed E-state index contributed by atoms with van der Waals surface area (Å²) in [6.45, 7) is 8.01. The summed E-state index contributed by atoms with van der Waals surface area (Å²) < 4.78 is 0. The van der Waals surface area contributed by atoms with E-state index in [1.54, 1.807) is 0 Å². The number of nitrogens with one attached hydrogen (secondary N) is 1. The number of hydrogen-bond donors (Lipinski definition) is 1. The van der Waals surface area contributed by atoms with Gasteiger partial charge in [0.2, 0.25) is 0 Å². The van der Waals surface area contributed by atoms with E-state index in [9.17, 15) is 0 Å². The molecule has 1 saturated heterocycles. The zero-order valence-electron chi connectivity index (χ0n) is 11.5. The summed E-state index contributed by atoms with van der Waals surface area (Å²) in [4.78, 5) is 4.84. The molecule has 1 heterocycles. The van der Waals surface area contributed by atoms with Crippen molar-refractivity contribution in [3.8, 4) is 0 Å².